The van der Waals surface area contributed by atoms with Crippen molar-refractivity contribution in [3.63, 3.8) is 0 Å². The van der Waals surface area contributed by atoms with E-state index < -0.39 is 0 Å². The lowest BCUT2D eigenvalue weighted by Crippen LogP contribution is -2.11. The van der Waals surface area contributed by atoms with Crippen molar-refractivity contribution < 1.29 is 9.15 Å². The summed E-state index contributed by atoms with van der Waals surface area (Å²) < 4.78 is 13.3. The second-order valence-electron chi connectivity index (χ2n) is 12.5. The number of ether oxygens (including phenoxy) is 1. The summed E-state index contributed by atoms with van der Waals surface area (Å²) in [7, 11) is 0. The van der Waals surface area contributed by atoms with Crippen LogP contribution in [0.4, 0.5) is 17.1 Å². The van der Waals surface area contributed by atoms with Gasteiger partial charge in [0.2, 0.25) is 0 Å². The molecule has 49 heavy (non-hydrogen) atoms. The van der Waals surface area contributed by atoms with Gasteiger partial charge in [0, 0.05) is 33.2 Å². The first-order valence-corrected chi connectivity index (χ1v) is 16.6. The van der Waals surface area contributed by atoms with E-state index in [0.29, 0.717) is 0 Å². The normalized spacial score (nSPS) is 11.8. The van der Waals surface area contributed by atoms with Crippen molar-refractivity contribution in [2.45, 2.75) is 0 Å². The maximum Gasteiger partial charge on any atom is 0.143 e. The number of nitrogens with zero attached hydrogens (tertiary/aromatic N) is 1. The Morgan fingerprint density at radius 1 is 0.408 bits per heavy atom. The summed E-state index contributed by atoms with van der Waals surface area (Å²) in [5.74, 6) is 1.72. The molecule has 0 aliphatic carbocycles. The molecular weight excluding hydrogens is 599 g/mol. The standard InChI is InChI=1S/C46H29NO2/c1-2-13-30(14-3-1)33-15-6-9-20-40(33)47(41-21-12-24-44-45(41)38-19-8-11-23-43(38)48-44)32-27-25-31-26-28-37-35-17-5-4-16-34(35)36-18-7-10-22-42(36)49-46(37)39(31)29-32/h1-29H. The first-order chi connectivity index (χ1) is 24.3. The SMILES string of the molecule is c1ccc(-c2ccccc2N(c2ccc3ccc4c(c3c2)Oc2ccccc2-c2ccccc2-4)c2cccc3oc4ccccc4c23)cc1. The van der Waals surface area contributed by atoms with Crippen LogP contribution in [0.2, 0.25) is 0 Å². The van der Waals surface area contributed by atoms with E-state index in [-0.39, 0.29) is 0 Å². The molecular formula is C46H29NO2. The van der Waals surface area contributed by atoms with Crippen LogP contribution < -0.4 is 9.64 Å². The highest BCUT2D eigenvalue weighted by atomic mass is 16.5. The minimum atomic E-state index is 0.854. The van der Waals surface area contributed by atoms with Gasteiger partial charge in [0.25, 0.3) is 0 Å². The van der Waals surface area contributed by atoms with Gasteiger partial charge in [-0.2, -0.15) is 0 Å². The fourth-order valence-electron chi connectivity index (χ4n) is 7.46. The van der Waals surface area contributed by atoms with Crippen LogP contribution in [0.5, 0.6) is 11.5 Å². The number of para-hydroxylation sites is 3. The molecule has 8 aromatic carbocycles. The zero-order valence-corrected chi connectivity index (χ0v) is 26.5. The summed E-state index contributed by atoms with van der Waals surface area (Å²) in [4.78, 5) is 2.38. The molecule has 0 fully saturated rings. The quantitative estimate of drug-likeness (QED) is 0.194. The van der Waals surface area contributed by atoms with Crippen LogP contribution in [0, 0.1) is 0 Å². The van der Waals surface area contributed by atoms with E-state index in [2.05, 4.69) is 163 Å². The zero-order chi connectivity index (χ0) is 32.3. The Morgan fingerprint density at radius 2 is 1.06 bits per heavy atom. The number of hydrogen-bond acceptors (Lipinski definition) is 3. The van der Waals surface area contributed by atoms with Gasteiger partial charge in [-0.3, -0.25) is 0 Å². The first kappa shape index (κ1) is 27.5. The van der Waals surface area contributed by atoms with Crippen molar-refractivity contribution in [1.29, 1.82) is 0 Å². The molecule has 0 unspecified atom stereocenters. The third kappa shape index (κ3) is 4.37. The summed E-state index contributed by atoms with van der Waals surface area (Å²) in [5.41, 5.74) is 11.7. The van der Waals surface area contributed by atoms with Crippen LogP contribution >= 0.6 is 0 Å². The van der Waals surface area contributed by atoms with Gasteiger partial charge >= 0.3 is 0 Å². The van der Waals surface area contributed by atoms with Gasteiger partial charge in [-0.05, 0) is 70.6 Å². The average Bonchev–Trinajstić information content (AvgIpc) is 3.48. The fraction of sp³-hybridized carbons (Fsp3) is 0. The van der Waals surface area contributed by atoms with E-state index in [1.165, 1.54) is 5.56 Å². The Hall–Kier alpha value is -6.58. The number of benzene rings is 8. The number of hydrogen-bond donors (Lipinski definition) is 0. The molecule has 0 saturated heterocycles. The second-order valence-corrected chi connectivity index (χ2v) is 12.5. The van der Waals surface area contributed by atoms with E-state index in [9.17, 15) is 0 Å². The minimum absolute atomic E-state index is 0.854. The maximum absolute atomic E-state index is 6.92. The second kappa shape index (κ2) is 11.0. The zero-order valence-electron chi connectivity index (χ0n) is 26.5. The van der Waals surface area contributed by atoms with E-state index in [0.717, 1.165) is 89.1 Å². The third-order valence-electron chi connectivity index (χ3n) is 9.67. The lowest BCUT2D eigenvalue weighted by atomic mass is 9.93. The van der Waals surface area contributed by atoms with Crippen LogP contribution in [-0.4, -0.2) is 0 Å². The molecule has 0 N–H and O–H groups in total. The molecule has 0 bridgehead atoms. The van der Waals surface area contributed by atoms with Crippen molar-refractivity contribution in [2.75, 3.05) is 4.90 Å². The highest BCUT2D eigenvalue weighted by molar-refractivity contribution is 6.14. The molecule has 2 heterocycles. The molecule has 3 heteroatoms. The Labute approximate surface area is 283 Å². The molecule has 0 amide bonds. The molecule has 0 atom stereocenters. The lowest BCUT2D eigenvalue weighted by Gasteiger charge is -2.29. The van der Waals surface area contributed by atoms with Gasteiger partial charge in [-0.1, -0.05) is 127 Å². The van der Waals surface area contributed by atoms with Gasteiger partial charge in [0.15, 0.2) is 0 Å². The predicted octanol–water partition coefficient (Wildman–Crippen LogP) is 13.3. The molecule has 230 valence electrons. The molecule has 10 rings (SSSR count). The number of rotatable bonds is 4. The van der Waals surface area contributed by atoms with E-state index in [1.54, 1.807) is 0 Å². The molecule has 0 radical (unpaired) electrons. The van der Waals surface area contributed by atoms with Gasteiger partial charge in [-0.25, -0.2) is 0 Å². The molecule has 0 saturated carbocycles. The van der Waals surface area contributed by atoms with Crippen molar-refractivity contribution >= 4 is 49.8 Å². The van der Waals surface area contributed by atoms with E-state index >= 15 is 0 Å². The Kier molecular flexibility index (Phi) is 6.18. The summed E-state index contributed by atoms with van der Waals surface area (Å²) >= 11 is 0. The van der Waals surface area contributed by atoms with E-state index in [4.69, 9.17) is 9.15 Å². The molecule has 0 spiro atoms. The van der Waals surface area contributed by atoms with Gasteiger partial charge in [0.1, 0.15) is 22.7 Å². The molecule has 1 aliphatic rings. The van der Waals surface area contributed by atoms with Crippen molar-refractivity contribution in [3.05, 3.63) is 176 Å². The molecule has 1 aromatic heterocycles. The molecule has 3 nitrogen and oxygen atoms in total. The number of fused-ring (bicyclic) bond motifs is 10. The van der Waals surface area contributed by atoms with Crippen LogP contribution in [0.3, 0.4) is 0 Å². The van der Waals surface area contributed by atoms with Gasteiger partial charge in [-0.15, -0.1) is 0 Å². The van der Waals surface area contributed by atoms with E-state index in [1.807, 2.05) is 18.2 Å². The largest absolute Gasteiger partial charge is 0.456 e. The monoisotopic (exact) mass is 627 g/mol. The summed E-state index contributed by atoms with van der Waals surface area (Å²) in [5, 5.41) is 4.32. The predicted molar refractivity (Wildman–Crippen MR) is 202 cm³/mol. The first-order valence-electron chi connectivity index (χ1n) is 16.6. The van der Waals surface area contributed by atoms with Crippen molar-refractivity contribution in [3.8, 4) is 44.9 Å². The van der Waals surface area contributed by atoms with Crippen LogP contribution in [0.25, 0.3) is 66.1 Å². The number of anilines is 3. The highest BCUT2D eigenvalue weighted by Gasteiger charge is 2.25. The van der Waals surface area contributed by atoms with Gasteiger partial charge < -0.3 is 14.1 Å². The topological polar surface area (TPSA) is 25.6 Å². The summed E-state index contributed by atoms with van der Waals surface area (Å²) in [6.45, 7) is 0. The van der Waals surface area contributed by atoms with Crippen molar-refractivity contribution in [2.24, 2.45) is 0 Å². The third-order valence-corrected chi connectivity index (χ3v) is 9.67. The minimum Gasteiger partial charge on any atom is -0.456 e. The highest BCUT2D eigenvalue weighted by Crippen LogP contribution is 2.51. The maximum atomic E-state index is 6.92. The summed E-state index contributed by atoms with van der Waals surface area (Å²) in [6, 6.07) is 61.9. The van der Waals surface area contributed by atoms with Gasteiger partial charge in [0.05, 0.1) is 16.8 Å². The van der Waals surface area contributed by atoms with Crippen LogP contribution in [-0.2, 0) is 0 Å². The average molecular weight is 628 g/mol. The Morgan fingerprint density at radius 3 is 1.94 bits per heavy atom. The summed E-state index contributed by atoms with van der Waals surface area (Å²) in [6.07, 6.45) is 0. The fourth-order valence-corrected chi connectivity index (χ4v) is 7.46. The molecule has 9 aromatic rings. The Balaban J connectivity index is 1.28. The van der Waals surface area contributed by atoms with Crippen LogP contribution in [0.15, 0.2) is 180 Å². The smallest absolute Gasteiger partial charge is 0.143 e. The number of furan rings is 1. The van der Waals surface area contributed by atoms with Crippen molar-refractivity contribution in [1.82, 2.24) is 0 Å². The lowest BCUT2D eigenvalue weighted by molar-refractivity contribution is 0.493. The Bertz CT molecular complexity index is 2710. The van der Waals surface area contributed by atoms with Crippen LogP contribution in [0.1, 0.15) is 0 Å². The molecule has 1 aliphatic heterocycles.